The number of imidazole rings is 1. The molecule has 1 saturated heterocycles. The van der Waals surface area contributed by atoms with Crippen molar-refractivity contribution in [1.29, 1.82) is 0 Å². The van der Waals surface area contributed by atoms with E-state index in [1.165, 1.54) is 19.3 Å². The van der Waals surface area contributed by atoms with Crippen molar-refractivity contribution < 1.29 is 0 Å². The van der Waals surface area contributed by atoms with E-state index in [1.54, 1.807) is 0 Å². The highest BCUT2D eigenvalue weighted by molar-refractivity contribution is 6.31. The molecule has 1 aromatic carbocycles. The molecular weight excluding hydrogens is 246 g/mol. The van der Waals surface area contributed by atoms with Crippen molar-refractivity contribution in [3.63, 3.8) is 0 Å². The zero-order valence-corrected chi connectivity index (χ0v) is 11.3. The van der Waals surface area contributed by atoms with Crippen LogP contribution in [0.15, 0.2) is 12.1 Å². The van der Waals surface area contributed by atoms with Crippen LogP contribution < -0.4 is 5.32 Å². The van der Waals surface area contributed by atoms with Crippen molar-refractivity contribution in [2.45, 2.75) is 38.6 Å². The van der Waals surface area contributed by atoms with Gasteiger partial charge in [0.25, 0.3) is 0 Å². The molecule has 4 heteroatoms. The number of H-pyrrole nitrogens is 1. The first-order valence-corrected chi connectivity index (χ1v) is 6.98. The molecule has 1 fully saturated rings. The maximum Gasteiger partial charge on any atom is 0.108 e. The van der Waals surface area contributed by atoms with Gasteiger partial charge in [-0.3, -0.25) is 0 Å². The number of rotatable bonds is 2. The summed E-state index contributed by atoms with van der Waals surface area (Å²) in [6.07, 6.45) is 4.84. The summed E-state index contributed by atoms with van der Waals surface area (Å²) in [5.74, 6) is 1.06. The van der Waals surface area contributed by atoms with Crippen LogP contribution in [-0.4, -0.2) is 22.6 Å². The van der Waals surface area contributed by atoms with Crippen LogP contribution in [0.3, 0.4) is 0 Å². The molecule has 2 heterocycles. The maximum atomic E-state index is 6.06. The lowest BCUT2D eigenvalue weighted by Gasteiger charge is -2.22. The summed E-state index contributed by atoms with van der Waals surface area (Å²) in [7, 11) is 0. The minimum absolute atomic E-state index is 0.565. The number of fused-ring (bicyclic) bond motifs is 1. The van der Waals surface area contributed by atoms with Crippen molar-refractivity contribution in [3.05, 3.63) is 28.5 Å². The van der Waals surface area contributed by atoms with Gasteiger partial charge in [-0.15, -0.1) is 0 Å². The predicted molar refractivity (Wildman–Crippen MR) is 75.2 cm³/mol. The molecule has 0 radical (unpaired) electrons. The molecule has 1 aromatic heterocycles. The van der Waals surface area contributed by atoms with Crippen LogP contribution in [0.5, 0.6) is 0 Å². The van der Waals surface area contributed by atoms with E-state index in [4.69, 9.17) is 16.6 Å². The van der Waals surface area contributed by atoms with Gasteiger partial charge in [-0.25, -0.2) is 4.98 Å². The zero-order chi connectivity index (χ0) is 12.5. The van der Waals surface area contributed by atoms with Crippen molar-refractivity contribution in [3.8, 4) is 0 Å². The number of benzene rings is 1. The van der Waals surface area contributed by atoms with Crippen LogP contribution in [-0.2, 0) is 6.42 Å². The van der Waals surface area contributed by atoms with Gasteiger partial charge in [0, 0.05) is 17.5 Å². The van der Waals surface area contributed by atoms with E-state index in [9.17, 15) is 0 Å². The number of hydrogen-bond donors (Lipinski definition) is 2. The predicted octanol–water partition coefficient (Wildman–Crippen LogP) is 3.21. The largest absolute Gasteiger partial charge is 0.342 e. The average molecular weight is 264 g/mol. The molecule has 0 amide bonds. The number of aromatic amines is 1. The second kappa shape index (κ2) is 4.90. The first-order valence-electron chi connectivity index (χ1n) is 6.60. The van der Waals surface area contributed by atoms with Crippen LogP contribution in [0.25, 0.3) is 11.0 Å². The Bertz CT molecular complexity index is 555. The molecule has 1 aliphatic rings. The molecule has 0 aliphatic carbocycles. The van der Waals surface area contributed by atoms with E-state index in [0.29, 0.717) is 6.04 Å². The van der Waals surface area contributed by atoms with Crippen LogP contribution in [0.2, 0.25) is 5.02 Å². The van der Waals surface area contributed by atoms with E-state index in [0.717, 1.165) is 40.4 Å². The molecule has 1 aliphatic heterocycles. The van der Waals surface area contributed by atoms with Crippen molar-refractivity contribution in [1.82, 2.24) is 15.3 Å². The molecule has 1 atom stereocenters. The van der Waals surface area contributed by atoms with Gasteiger partial charge in [0.1, 0.15) is 5.82 Å². The van der Waals surface area contributed by atoms with Crippen molar-refractivity contribution in [2.75, 3.05) is 6.54 Å². The van der Waals surface area contributed by atoms with Crippen LogP contribution in [0, 0.1) is 6.92 Å². The first-order chi connectivity index (χ1) is 8.72. The number of halogens is 1. The SMILES string of the molecule is Cc1cc(Cl)cc2[nH]c(CC3CCCCN3)nc12. The third kappa shape index (κ3) is 2.38. The first kappa shape index (κ1) is 12.0. The molecule has 1 unspecified atom stereocenters. The quantitative estimate of drug-likeness (QED) is 0.874. The van der Waals surface area contributed by atoms with E-state index in [1.807, 2.05) is 12.1 Å². The summed E-state index contributed by atoms with van der Waals surface area (Å²) >= 11 is 6.06. The number of piperidine rings is 1. The van der Waals surface area contributed by atoms with Gasteiger partial charge in [-0.1, -0.05) is 18.0 Å². The fraction of sp³-hybridized carbons (Fsp3) is 0.500. The van der Waals surface area contributed by atoms with Crippen LogP contribution in [0.4, 0.5) is 0 Å². The Balaban J connectivity index is 1.86. The van der Waals surface area contributed by atoms with Gasteiger partial charge in [0.05, 0.1) is 11.0 Å². The normalized spacial score (nSPS) is 20.4. The lowest BCUT2D eigenvalue weighted by atomic mass is 10.0. The molecule has 96 valence electrons. The van der Waals surface area contributed by atoms with Gasteiger partial charge >= 0.3 is 0 Å². The molecule has 0 bridgehead atoms. The number of aryl methyl sites for hydroxylation is 1. The van der Waals surface area contributed by atoms with Crippen molar-refractivity contribution >= 4 is 22.6 Å². The third-order valence-electron chi connectivity index (χ3n) is 3.64. The second-order valence-electron chi connectivity index (χ2n) is 5.15. The average Bonchev–Trinajstić information content (AvgIpc) is 2.73. The minimum Gasteiger partial charge on any atom is -0.342 e. The van der Waals surface area contributed by atoms with Gasteiger partial charge in [0.15, 0.2) is 0 Å². The Morgan fingerprint density at radius 2 is 2.28 bits per heavy atom. The molecule has 3 nitrogen and oxygen atoms in total. The zero-order valence-electron chi connectivity index (χ0n) is 10.6. The Hall–Kier alpha value is -1.06. The highest BCUT2D eigenvalue weighted by Crippen LogP contribution is 2.22. The summed E-state index contributed by atoms with van der Waals surface area (Å²) in [5.41, 5.74) is 3.23. The van der Waals surface area contributed by atoms with Crippen molar-refractivity contribution in [2.24, 2.45) is 0 Å². The van der Waals surface area contributed by atoms with Gasteiger partial charge in [0.2, 0.25) is 0 Å². The maximum absolute atomic E-state index is 6.06. The third-order valence-corrected chi connectivity index (χ3v) is 3.86. The molecule has 0 spiro atoms. The fourth-order valence-electron chi connectivity index (χ4n) is 2.73. The Morgan fingerprint density at radius 3 is 3.06 bits per heavy atom. The van der Waals surface area contributed by atoms with E-state index in [-0.39, 0.29) is 0 Å². The summed E-state index contributed by atoms with van der Waals surface area (Å²) in [5, 5.41) is 4.32. The Labute approximate surface area is 112 Å². The summed E-state index contributed by atoms with van der Waals surface area (Å²) in [6.45, 7) is 3.19. The Kier molecular flexibility index (Phi) is 3.27. The van der Waals surface area contributed by atoms with E-state index < -0.39 is 0 Å². The summed E-state index contributed by atoms with van der Waals surface area (Å²) < 4.78 is 0. The highest BCUT2D eigenvalue weighted by Gasteiger charge is 2.15. The lowest BCUT2D eigenvalue weighted by molar-refractivity contribution is 0.395. The van der Waals surface area contributed by atoms with E-state index >= 15 is 0 Å². The minimum atomic E-state index is 0.565. The van der Waals surface area contributed by atoms with Gasteiger partial charge in [-0.2, -0.15) is 0 Å². The number of nitrogens with one attached hydrogen (secondary N) is 2. The fourth-order valence-corrected chi connectivity index (χ4v) is 3.00. The molecule has 2 N–H and O–H groups in total. The molecule has 3 rings (SSSR count). The lowest BCUT2D eigenvalue weighted by Crippen LogP contribution is -2.35. The molecule has 0 saturated carbocycles. The van der Waals surface area contributed by atoms with Gasteiger partial charge < -0.3 is 10.3 Å². The van der Waals surface area contributed by atoms with E-state index in [2.05, 4.69) is 17.2 Å². The topological polar surface area (TPSA) is 40.7 Å². The number of nitrogens with zero attached hydrogens (tertiary/aromatic N) is 1. The number of aromatic nitrogens is 2. The highest BCUT2D eigenvalue weighted by atomic mass is 35.5. The second-order valence-corrected chi connectivity index (χ2v) is 5.59. The van der Waals surface area contributed by atoms with Crippen LogP contribution in [0.1, 0.15) is 30.7 Å². The molecule has 2 aromatic rings. The number of hydrogen-bond acceptors (Lipinski definition) is 2. The summed E-state index contributed by atoms with van der Waals surface area (Å²) in [6, 6.07) is 4.48. The molecular formula is C14H18ClN3. The van der Waals surface area contributed by atoms with Gasteiger partial charge in [-0.05, 0) is 44.0 Å². The standard InChI is InChI=1S/C14H18ClN3/c1-9-6-10(15)7-12-14(9)18-13(17-12)8-11-4-2-3-5-16-11/h6-7,11,16H,2-5,8H2,1H3,(H,17,18). The monoisotopic (exact) mass is 263 g/mol. The van der Waals surface area contributed by atoms with Crippen LogP contribution >= 0.6 is 11.6 Å². The summed E-state index contributed by atoms with van der Waals surface area (Å²) in [4.78, 5) is 8.08. The Morgan fingerprint density at radius 1 is 1.39 bits per heavy atom. The smallest absolute Gasteiger partial charge is 0.108 e. The molecule has 18 heavy (non-hydrogen) atoms.